The summed E-state index contributed by atoms with van der Waals surface area (Å²) in [7, 11) is 0. The number of halogens is 3. The molecule has 15 heavy (non-hydrogen) atoms. The number of nitrogens with zero attached hydrogens (tertiary/aromatic N) is 1. The van der Waals surface area contributed by atoms with Gasteiger partial charge in [0.2, 0.25) is 0 Å². The number of carboxylic acid groups (broad SMARTS) is 1. The molecular formula is C9H6F3NO2. The summed E-state index contributed by atoms with van der Waals surface area (Å²) in [6.07, 6.45) is -3.62. The molecule has 0 bridgehead atoms. The second kappa shape index (κ2) is 3.72. The third kappa shape index (κ3) is 2.34. The van der Waals surface area contributed by atoms with Gasteiger partial charge in [0, 0.05) is 0 Å². The molecule has 1 heterocycles. The summed E-state index contributed by atoms with van der Waals surface area (Å²) in [4.78, 5) is 13.7. The van der Waals surface area contributed by atoms with Crippen LogP contribution in [0.5, 0.6) is 0 Å². The lowest BCUT2D eigenvalue weighted by Crippen LogP contribution is -2.11. The van der Waals surface area contributed by atoms with Crippen molar-refractivity contribution >= 4 is 12.0 Å². The van der Waals surface area contributed by atoms with Crippen molar-refractivity contribution in [2.45, 2.75) is 6.18 Å². The Morgan fingerprint density at radius 1 is 1.47 bits per heavy atom. The number of rotatable bonds is 2. The molecule has 1 N–H and O–H groups in total. The maximum Gasteiger partial charge on any atom is 0.433 e. The Bertz CT molecular complexity index is 412. The van der Waals surface area contributed by atoms with E-state index in [1.54, 1.807) is 0 Å². The first-order chi connectivity index (χ1) is 6.86. The van der Waals surface area contributed by atoms with Crippen LogP contribution in [0.15, 0.2) is 18.7 Å². The molecule has 0 radical (unpaired) electrons. The van der Waals surface area contributed by atoms with Crippen molar-refractivity contribution in [2.75, 3.05) is 0 Å². The zero-order valence-corrected chi connectivity index (χ0v) is 7.38. The topological polar surface area (TPSA) is 50.2 Å². The van der Waals surface area contributed by atoms with E-state index in [0.717, 1.165) is 12.1 Å². The van der Waals surface area contributed by atoms with E-state index in [9.17, 15) is 18.0 Å². The fourth-order valence-electron chi connectivity index (χ4n) is 0.969. The number of alkyl halides is 3. The van der Waals surface area contributed by atoms with Gasteiger partial charge in [0.1, 0.15) is 5.69 Å². The van der Waals surface area contributed by atoms with Crippen molar-refractivity contribution < 1.29 is 23.1 Å². The minimum absolute atomic E-state index is 0.294. The van der Waals surface area contributed by atoms with Gasteiger partial charge in [-0.05, 0) is 18.2 Å². The summed E-state index contributed by atoms with van der Waals surface area (Å²) in [6, 6.07) is 1.48. The van der Waals surface area contributed by atoms with Crippen LogP contribution in [0, 0.1) is 0 Å². The van der Waals surface area contributed by atoms with Crippen molar-refractivity contribution in [3.05, 3.63) is 35.7 Å². The largest absolute Gasteiger partial charge is 0.478 e. The molecule has 0 unspecified atom stereocenters. The maximum absolute atomic E-state index is 12.2. The van der Waals surface area contributed by atoms with E-state index in [-0.39, 0.29) is 11.3 Å². The Kier molecular flexibility index (Phi) is 2.78. The molecule has 0 amide bonds. The van der Waals surface area contributed by atoms with Crippen LogP contribution in [0.2, 0.25) is 0 Å². The number of carboxylic acids is 1. The van der Waals surface area contributed by atoms with Gasteiger partial charge in [-0.3, -0.25) is 0 Å². The number of pyridine rings is 1. The molecule has 6 heteroatoms. The molecule has 0 fully saturated rings. The number of hydrogen-bond donors (Lipinski definition) is 1. The van der Waals surface area contributed by atoms with E-state index in [4.69, 9.17) is 5.11 Å². The fraction of sp³-hybridized carbons (Fsp3) is 0.111. The quantitative estimate of drug-likeness (QED) is 0.827. The molecule has 80 valence electrons. The van der Waals surface area contributed by atoms with Gasteiger partial charge in [-0.25, -0.2) is 9.78 Å². The van der Waals surface area contributed by atoms with Gasteiger partial charge in [0.25, 0.3) is 0 Å². The van der Waals surface area contributed by atoms with E-state index in [1.807, 2.05) is 0 Å². The summed E-state index contributed by atoms with van der Waals surface area (Å²) in [5.41, 5.74) is -1.74. The lowest BCUT2D eigenvalue weighted by molar-refractivity contribution is -0.141. The van der Waals surface area contributed by atoms with E-state index in [1.165, 1.54) is 0 Å². The van der Waals surface area contributed by atoms with E-state index < -0.39 is 17.8 Å². The minimum atomic E-state index is -4.59. The SMILES string of the molecule is C=Cc1nc(C(F)(F)F)ccc1C(=O)O. The van der Waals surface area contributed by atoms with E-state index in [0.29, 0.717) is 6.07 Å². The molecular weight excluding hydrogens is 211 g/mol. The van der Waals surface area contributed by atoms with E-state index in [2.05, 4.69) is 11.6 Å². The van der Waals surface area contributed by atoms with Gasteiger partial charge >= 0.3 is 12.1 Å². The van der Waals surface area contributed by atoms with Gasteiger partial charge < -0.3 is 5.11 Å². The first kappa shape index (κ1) is 11.2. The average molecular weight is 217 g/mol. The Labute approximate surface area is 82.9 Å². The molecule has 3 nitrogen and oxygen atoms in total. The standard InChI is InChI=1S/C9H6F3NO2/c1-2-6-5(8(14)15)3-4-7(13-6)9(10,11)12/h2-4H,1H2,(H,14,15). The highest BCUT2D eigenvalue weighted by molar-refractivity contribution is 5.91. The van der Waals surface area contributed by atoms with Gasteiger partial charge in [-0.2, -0.15) is 13.2 Å². The van der Waals surface area contributed by atoms with Crippen molar-refractivity contribution in [3.63, 3.8) is 0 Å². The van der Waals surface area contributed by atoms with Crippen LogP contribution in [-0.4, -0.2) is 16.1 Å². The van der Waals surface area contributed by atoms with Crippen LogP contribution in [0.1, 0.15) is 21.7 Å². The number of aromatic carboxylic acids is 1. The highest BCUT2D eigenvalue weighted by atomic mass is 19.4. The predicted molar refractivity (Wildman–Crippen MR) is 46.3 cm³/mol. The summed E-state index contributed by atoms with van der Waals surface area (Å²) in [5.74, 6) is -1.34. The Morgan fingerprint density at radius 2 is 2.07 bits per heavy atom. The van der Waals surface area contributed by atoms with Crippen LogP contribution in [0.4, 0.5) is 13.2 Å². The highest BCUT2D eigenvalue weighted by Gasteiger charge is 2.33. The molecule has 0 aromatic carbocycles. The van der Waals surface area contributed by atoms with Gasteiger partial charge in [-0.1, -0.05) is 6.58 Å². The van der Waals surface area contributed by atoms with Crippen molar-refractivity contribution in [2.24, 2.45) is 0 Å². The monoisotopic (exact) mass is 217 g/mol. The van der Waals surface area contributed by atoms with Gasteiger partial charge in [0.15, 0.2) is 0 Å². The molecule has 0 aliphatic heterocycles. The Balaban J connectivity index is 3.31. The van der Waals surface area contributed by atoms with Gasteiger partial charge in [0.05, 0.1) is 11.3 Å². The Hall–Kier alpha value is -1.85. The molecule has 1 rings (SSSR count). The zero-order valence-electron chi connectivity index (χ0n) is 7.38. The fourth-order valence-corrected chi connectivity index (χ4v) is 0.969. The Morgan fingerprint density at radius 3 is 2.47 bits per heavy atom. The first-order valence-corrected chi connectivity index (χ1v) is 3.80. The molecule has 1 aromatic heterocycles. The normalized spacial score (nSPS) is 11.1. The molecule has 0 atom stereocenters. The van der Waals surface area contributed by atoms with Gasteiger partial charge in [-0.15, -0.1) is 0 Å². The third-order valence-electron chi connectivity index (χ3n) is 1.64. The molecule has 0 saturated carbocycles. The van der Waals surface area contributed by atoms with Crippen molar-refractivity contribution in [1.82, 2.24) is 4.98 Å². The highest BCUT2D eigenvalue weighted by Crippen LogP contribution is 2.28. The smallest absolute Gasteiger partial charge is 0.433 e. The van der Waals surface area contributed by atoms with Crippen LogP contribution in [-0.2, 0) is 6.18 Å². The summed E-state index contributed by atoms with van der Waals surface area (Å²) in [6.45, 7) is 3.20. The second-order valence-corrected chi connectivity index (χ2v) is 2.64. The summed E-state index contributed by atoms with van der Waals surface area (Å²) >= 11 is 0. The molecule has 0 saturated heterocycles. The molecule has 0 aliphatic rings. The summed E-state index contributed by atoms with van der Waals surface area (Å²) in [5, 5.41) is 8.62. The van der Waals surface area contributed by atoms with E-state index >= 15 is 0 Å². The van der Waals surface area contributed by atoms with Crippen molar-refractivity contribution in [1.29, 1.82) is 0 Å². The number of aromatic nitrogens is 1. The molecule has 0 spiro atoms. The molecule has 1 aromatic rings. The first-order valence-electron chi connectivity index (χ1n) is 3.80. The van der Waals surface area contributed by atoms with Crippen LogP contribution < -0.4 is 0 Å². The third-order valence-corrected chi connectivity index (χ3v) is 1.64. The average Bonchev–Trinajstić information content (AvgIpc) is 2.15. The second-order valence-electron chi connectivity index (χ2n) is 2.64. The minimum Gasteiger partial charge on any atom is -0.478 e. The summed E-state index contributed by atoms with van der Waals surface area (Å²) < 4.78 is 36.6. The van der Waals surface area contributed by atoms with Crippen LogP contribution >= 0.6 is 0 Å². The lowest BCUT2D eigenvalue weighted by atomic mass is 10.1. The van der Waals surface area contributed by atoms with Crippen LogP contribution in [0.25, 0.3) is 6.08 Å². The lowest BCUT2D eigenvalue weighted by Gasteiger charge is -2.07. The van der Waals surface area contributed by atoms with Crippen molar-refractivity contribution in [3.8, 4) is 0 Å². The zero-order chi connectivity index (χ0) is 11.6. The maximum atomic E-state index is 12.2. The predicted octanol–water partition coefficient (Wildman–Crippen LogP) is 2.44. The number of hydrogen-bond acceptors (Lipinski definition) is 2. The van der Waals surface area contributed by atoms with Crippen LogP contribution in [0.3, 0.4) is 0 Å². The number of carbonyl (C=O) groups is 1. The molecule has 0 aliphatic carbocycles.